The molecule has 0 radical (unpaired) electrons. The number of carbonyl (C=O) groups excluding carboxylic acids is 1. The number of halogens is 1. The summed E-state index contributed by atoms with van der Waals surface area (Å²) in [6.45, 7) is 2.52. The average molecular weight is 355 g/mol. The molecule has 26 heavy (non-hydrogen) atoms. The maximum absolute atomic E-state index is 13.0. The minimum absolute atomic E-state index is 0.0211. The van der Waals surface area contributed by atoms with Crippen molar-refractivity contribution in [2.45, 2.75) is 19.8 Å². The van der Waals surface area contributed by atoms with Gasteiger partial charge >= 0.3 is 0 Å². The van der Waals surface area contributed by atoms with Crippen molar-refractivity contribution in [3.05, 3.63) is 59.3 Å². The Morgan fingerprint density at radius 1 is 1.31 bits per heavy atom. The van der Waals surface area contributed by atoms with E-state index in [4.69, 9.17) is 0 Å². The molecule has 2 heterocycles. The molecule has 0 atom stereocenters. The molecule has 0 aliphatic carbocycles. The number of nitrogens with one attached hydrogen (secondary N) is 1. The van der Waals surface area contributed by atoms with Crippen LogP contribution in [0.1, 0.15) is 28.2 Å². The van der Waals surface area contributed by atoms with Crippen molar-refractivity contribution in [2.24, 2.45) is 7.05 Å². The fourth-order valence-corrected chi connectivity index (χ4v) is 2.78. The van der Waals surface area contributed by atoms with Gasteiger partial charge in [0.25, 0.3) is 5.91 Å². The first-order valence-electron chi connectivity index (χ1n) is 8.50. The molecule has 0 unspecified atom stereocenters. The van der Waals surface area contributed by atoms with E-state index in [1.165, 1.54) is 12.1 Å². The van der Waals surface area contributed by atoms with Crippen LogP contribution in [0.3, 0.4) is 0 Å². The highest BCUT2D eigenvalue weighted by Crippen LogP contribution is 2.18. The molecule has 3 aromatic rings. The molecule has 1 amide bonds. The van der Waals surface area contributed by atoms with Crippen molar-refractivity contribution in [1.29, 1.82) is 0 Å². The van der Waals surface area contributed by atoms with E-state index in [1.807, 2.05) is 20.0 Å². The average Bonchev–Trinajstić information content (AvgIpc) is 3.23. The van der Waals surface area contributed by atoms with Crippen LogP contribution in [0.2, 0.25) is 0 Å². The van der Waals surface area contributed by atoms with Crippen molar-refractivity contribution in [1.82, 2.24) is 24.9 Å². The first kappa shape index (κ1) is 17.8. The maximum Gasteiger partial charge on any atom is 0.257 e. The lowest BCUT2D eigenvalue weighted by atomic mass is 10.1. The van der Waals surface area contributed by atoms with Gasteiger partial charge in [-0.2, -0.15) is 10.2 Å². The Labute approximate surface area is 151 Å². The summed E-state index contributed by atoms with van der Waals surface area (Å²) in [5.41, 5.74) is 4.14. The van der Waals surface area contributed by atoms with Gasteiger partial charge in [0, 0.05) is 37.6 Å². The molecular weight excluding hydrogens is 333 g/mol. The van der Waals surface area contributed by atoms with Gasteiger partial charge in [0.2, 0.25) is 0 Å². The zero-order valence-electron chi connectivity index (χ0n) is 15.2. The fraction of sp³-hybridized carbons (Fsp3) is 0.316. The van der Waals surface area contributed by atoms with Gasteiger partial charge in [0.1, 0.15) is 5.82 Å². The van der Waals surface area contributed by atoms with Crippen LogP contribution in [0.5, 0.6) is 0 Å². The van der Waals surface area contributed by atoms with Crippen molar-refractivity contribution in [3.63, 3.8) is 0 Å². The minimum atomic E-state index is -0.263. The molecule has 0 bridgehead atoms. The largest absolute Gasteiger partial charge is 0.342 e. The number of hydrogen-bond acceptors (Lipinski definition) is 3. The van der Waals surface area contributed by atoms with E-state index in [-0.39, 0.29) is 11.7 Å². The van der Waals surface area contributed by atoms with E-state index in [0.717, 1.165) is 35.5 Å². The van der Waals surface area contributed by atoms with Crippen molar-refractivity contribution in [3.8, 4) is 11.3 Å². The molecule has 2 aromatic heterocycles. The molecule has 0 saturated carbocycles. The van der Waals surface area contributed by atoms with Crippen molar-refractivity contribution < 1.29 is 9.18 Å². The van der Waals surface area contributed by atoms with Crippen LogP contribution in [0.4, 0.5) is 4.39 Å². The van der Waals surface area contributed by atoms with Crippen molar-refractivity contribution in [2.75, 3.05) is 13.6 Å². The zero-order valence-corrected chi connectivity index (χ0v) is 15.2. The van der Waals surface area contributed by atoms with Gasteiger partial charge in [0.05, 0.1) is 17.5 Å². The quantitative estimate of drug-likeness (QED) is 0.739. The van der Waals surface area contributed by atoms with Gasteiger partial charge in [0.15, 0.2) is 0 Å². The van der Waals surface area contributed by atoms with Crippen LogP contribution in [-0.2, 0) is 13.5 Å². The molecule has 0 fully saturated rings. The van der Waals surface area contributed by atoms with Crippen LogP contribution in [0.15, 0.2) is 36.5 Å². The number of amides is 1. The molecule has 1 N–H and O–H groups in total. The predicted molar refractivity (Wildman–Crippen MR) is 97.2 cm³/mol. The van der Waals surface area contributed by atoms with E-state index in [0.29, 0.717) is 12.1 Å². The molecule has 3 rings (SSSR count). The van der Waals surface area contributed by atoms with Crippen molar-refractivity contribution >= 4 is 5.91 Å². The molecule has 7 heteroatoms. The Morgan fingerprint density at radius 2 is 2.04 bits per heavy atom. The summed E-state index contributed by atoms with van der Waals surface area (Å²) < 4.78 is 14.7. The predicted octanol–water partition coefficient (Wildman–Crippen LogP) is 2.96. The molecular formula is C19H22FN5O. The summed E-state index contributed by atoms with van der Waals surface area (Å²) >= 11 is 0. The van der Waals surface area contributed by atoms with Crippen LogP contribution >= 0.6 is 0 Å². The summed E-state index contributed by atoms with van der Waals surface area (Å²) in [6, 6.07) is 8.21. The van der Waals surface area contributed by atoms with Crippen LogP contribution < -0.4 is 0 Å². The van der Waals surface area contributed by atoms with E-state index in [1.54, 1.807) is 35.0 Å². The summed E-state index contributed by atoms with van der Waals surface area (Å²) in [5, 5.41) is 11.4. The second-order valence-electron chi connectivity index (χ2n) is 6.38. The molecule has 6 nitrogen and oxygen atoms in total. The Kier molecular flexibility index (Phi) is 5.16. The number of nitrogens with zero attached hydrogens (tertiary/aromatic N) is 4. The summed E-state index contributed by atoms with van der Waals surface area (Å²) in [6.07, 6.45) is 3.20. The summed E-state index contributed by atoms with van der Waals surface area (Å²) in [4.78, 5) is 14.2. The number of hydrogen-bond donors (Lipinski definition) is 1. The second-order valence-corrected chi connectivity index (χ2v) is 6.38. The smallest absolute Gasteiger partial charge is 0.257 e. The maximum atomic E-state index is 13.0. The molecule has 0 aliphatic heterocycles. The molecule has 0 spiro atoms. The lowest BCUT2D eigenvalue weighted by Gasteiger charge is -2.16. The number of aryl methyl sites for hydroxylation is 2. The van der Waals surface area contributed by atoms with Gasteiger partial charge in [-0.1, -0.05) is 0 Å². The Balaban J connectivity index is 1.54. The first-order chi connectivity index (χ1) is 12.5. The molecule has 136 valence electrons. The standard InChI is InChI=1S/C19H22FN5O/c1-13-17(12-21-25(13)3)19(26)24(2)10-4-5-16-11-18(23-22-16)14-6-8-15(20)9-7-14/h6-9,11-12H,4-5,10H2,1-3H3,(H,22,23). The molecule has 1 aromatic carbocycles. The van der Waals surface area contributed by atoms with Gasteiger partial charge < -0.3 is 4.90 Å². The number of aromatic nitrogens is 4. The normalized spacial score (nSPS) is 10.9. The number of rotatable bonds is 6. The van der Waals surface area contributed by atoms with Gasteiger partial charge in [-0.25, -0.2) is 4.39 Å². The van der Waals surface area contributed by atoms with Gasteiger partial charge in [-0.15, -0.1) is 0 Å². The van der Waals surface area contributed by atoms with E-state index in [9.17, 15) is 9.18 Å². The Morgan fingerprint density at radius 3 is 2.69 bits per heavy atom. The highest BCUT2D eigenvalue weighted by Gasteiger charge is 2.16. The fourth-order valence-electron chi connectivity index (χ4n) is 2.78. The van der Waals surface area contributed by atoms with Crippen LogP contribution in [0.25, 0.3) is 11.3 Å². The third-order valence-electron chi connectivity index (χ3n) is 4.52. The molecule has 0 saturated heterocycles. The minimum Gasteiger partial charge on any atom is -0.342 e. The lowest BCUT2D eigenvalue weighted by Crippen LogP contribution is -2.28. The van der Waals surface area contributed by atoms with E-state index < -0.39 is 0 Å². The first-order valence-corrected chi connectivity index (χ1v) is 8.50. The highest BCUT2D eigenvalue weighted by atomic mass is 19.1. The third-order valence-corrected chi connectivity index (χ3v) is 4.52. The van der Waals surface area contributed by atoms with E-state index in [2.05, 4.69) is 15.3 Å². The Hall–Kier alpha value is -2.96. The van der Waals surface area contributed by atoms with Crippen LogP contribution in [-0.4, -0.2) is 44.4 Å². The SMILES string of the molecule is Cc1c(C(=O)N(C)CCCc2cc(-c3ccc(F)cc3)n[nH]2)cnn1C. The number of benzene rings is 1. The zero-order chi connectivity index (χ0) is 18.7. The highest BCUT2D eigenvalue weighted by molar-refractivity contribution is 5.94. The van der Waals surface area contributed by atoms with Crippen LogP contribution in [0, 0.1) is 12.7 Å². The van der Waals surface area contributed by atoms with E-state index >= 15 is 0 Å². The van der Waals surface area contributed by atoms with Gasteiger partial charge in [-0.3, -0.25) is 14.6 Å². The topological polar surface area (TPSA) is 66.8 Å². The monoisotopic (exact) mass is 355 g/mol. The third kappa shape index (κ3) is 3.82. The Bertz CT molecular complexity index is 897. The number of carbonyl (C=O) groups is 1. The second kappa shape index (κ2) is 7.51. The molecule has 0 aliphatic rings. The number of H-pyrrole nitrogens is 1. The summed E-state index contributed by atoms with van der Waals surface area (Å²) in [7, 11) is 3.62. The lowest BCUT2D eigenvalue weighted by molar-refractivity contribution is 0.0792. The number of aromatic amines is 1. The summed E-state index contributed by atoms with van der Waals surface area (Å²) in [5.74, 6) is -0.284. The van der Waals surface area contributed by atoms with Gasteiger partial charge in [-0.05, 0) is 50.1 Å².